The molecule has 0 spiro atoms. The quantitative estimate of drug-likeness (QED) is 0.790. The van der Waals surface area contributed by atoms with E-state index in [1.807, 2.05) is 23.8 Å². The fourth-order valence-corrected chi connectivity index (χ4v) is 4.14. The number of hydrogen-bond donors (Lipinski definition) is 1. The topological polar surface area (TPSA) is 72.4 Å². The predicted molar refractivity (Wildman–Crippen MR) is 93.1 cm³/mol. The number of allylic oxidation sites excluding steroid dienone is 2. The molecular weight excluding hydrogens is 324 g/mol. The van der Waals surface area contributed by atoms with Crippen LogP contribution in [0.15, 0.2) is 41.8 Å². The second-order valence-electron chi connectivity index (χ2n) is 5.88. The number of carboxylic acid groups (broad SMARTS) is 1. The smallest absolute Gasteiger partial charge is 0.337 e. The minimum Gasteiger partial charge on any atom is -0.478 e. The Morgan fingerprint density at radius 3 is 2.83 bits per heavy atom. The van der Waals surface area contributed by atoms with Gasteiger partial charge < -0.3 is 9.51 Å². The molecule has 0 saturated carbocycles. The molecule has 0 fully saturated rings. The van der Waals surface area contributed by atoms with Crippen LogP contribution in [0.4, 0.5) is 0 Å². The van der Waals surface area contributed by atoms with E-state index in [1.165, 1.54) is 4.91 Å². The van der Waals surface area contributed by atoms with Crippen LogP contribution in [0.1, 0.15) is 34.6 Å². The Bertz CT molecular complexity index is 986. The first-order chi connectivity index (χ1) is 11.5. The molecule has 0 aromatic carbocycles. The van der Waals surface area contributed by atoms with Gasteiger partial charge in [-0.3, -0.25) is 4.68 Å². The van der Waals surface area contributed by atoms with Crippen molar-refractivity contribution in [2.75, 3.05) is 0 Å². The molecule has 122 valence electrons. The normalized spacial score (nSPS) is 17.4. The molecule has 0 bridgehead atoms. The molecule has 0 amide bonds. The van der Waals surface area contributed by atoms with Crippen molar-refractivity contribution in [3.05, 3.63) is 53.1 Å². The maximum Gasteiger partial charge on any atom is 0.337 e. The maximum atomic E-state index is 11.6. The third-order valence-electron chi connectivity index (χ3n) is 4.17. The van der Waals surface area contributed by atoms with Crippen LogP contribution in [0.2, 0.25) is 0 Å². The van der Waals surface area contributed by atoms with Gasteiger partial charge >= 0.3 is 5.97 Å². The molecule has 4 heterocycles. The van der Waals surface area contributed by atoms with E-state index in [-0.39, 0.29) is 10.8 Å². The van der Waals surface area contributed by atoms with Gasteiger partial charge in [0.25, 0.3) is 0 Å². The summed E-state index contributed by atoms with van der Waals surface area (Å²) in [6, 6.07) is 1.66. The molecule has 1 aliphatic heterocycles. The van der Waals surface area contributed by atoms with Gasteiger partial charge in [0.05, 0.1) is 28.9 Å². The average Bonchev–Trinajstić information content (AvgIpc) is 3.25. The summed E-state index contributed by atoms with van der Waals surface area (Å²) in [6.07, 6.45) is 10.2. The molecule has 1 unspecified atom stereocenters. The van der Waals surface area contributed by atoms with Gasteiger partial charge in [-0.25, -0.2) is 9.78 Å². The Kier molecular flexibility index (Phi) is 3.45. The van der Waals surface area contributed by atoms with Crippen molar-refractivity contribution < 1.29 is 9.90 Å². The lowest BCUT2D eigenvalue weighted by Gasteiger charge is -2.11. The van der Waals surface area contributed by atoms with Crippen LogP contribution in [-0.2, 0) is 7.05 Å². The monoisotopic (exact) mass is 340 g/mol. The number of hydrogen-bond acceptors (Lipinski definition) is 4. The number of carboxylic acids is 1. The summed E-state index contributed by atoms with van der Waals surface area (Å²) in [5, 5.41) is 13.9. The molecule has 0 aliphatic carbocycles. The molecule has 6 nitrogen and oxygen atoms in total. The number of aromatic carboxylic acids is 1. The lowest BCUT2D eigenvalue weighted by Crippen LogP contribution is -2.03. The standard InChI is InChI=1S/C17H16N4O2S/c1-10-3-4-15(24-10)14-7-18-16-13(12-6-19-20(2)8-12)5-11(17(22)23)9-21(14)16/h3,5-9,15H,4H2,1-2H3,(H,22,23). The minimum atomic E-state index is -0.949. The zero-order chi connectivity index (χ0) is 16.8. The number of carbonyl (C=O) groups is 1. The number of rotatable bonds is 3. The van der Waals surface area contributed by atoms with Gasteiger partial charge in [-0.1, -0.05) is 6.08 Å². The maximum absolute atomic E-state index is 11.6. The number of nitrogens with zero attached hydrogens (tertiary/aromatic N) is 4. The summed E-state index contributed by atoms with van der Waals surface area (Å²) >= 11 is 1.79. The molecule has 4 rings (SSSR count). The first-order valence-electron chi connectivity index (χ1n) is 7.59. The van der Waals surface area contributed by atoms with Crippen LogP contribution in [0.3, 0.4) is 0 Å². The summed E-state index contributed by atoms with van der Waals surface area (Å²) in [5.41, 5.74) is 3.66. The number of aryl methyl sites for hydroxylation is 1. The highest BCUT2D eigenvalue weighted by molar-refractivity contribution is 8.03. The van der Waals surface area contributed by atoms with Gasteiger partial charge in [-0.15, -0.1) is 11.8 Å². The number of aromatic nitrogens is 4. The van der Waals surface area contributed by atoms with E-state index in [4.69, 9.17) is 0 Å². The van der Waals surface area contributed by atoms with Gasteiger partial charge in [-0.2, -0.15) is 5.10 Å². The Morgan fingerprint density at radius 1 is 1.38 bits per heavy atom. The number of thioether (sulfide) groups is 1. The Morgan fingerprint density at radius 2 is 2.21 bits per heavy atom. The zero-order valence-corrected chi connectivity index (χ0v) is 14.1. The summed E-state index contributed by atoms with van der Waals surface area (Å²) in [6.45, 7) is 2.09. The Labute approximate surface area is 142 Å². The van der Waals surface area contributed by atoms with Crippen molar-refractivity contribution in [3.63, 3.8) is 0 Å². The average molecular weight is 340 g/mol. The van der Waals surface area contributed by atoms with Crippen molar-refractivity contribution in [3.8, 4) is 11.1 Å². The van der Waals surface area contributed by atoms with Crippen LogP contribution < -0.4 is 0 Å². The predicted octanol–water partition coefficient (Wildman–Crippen LogP) is 3.51. The molecule has 1 atom stereocenters. The first-order valence-corrected chi connectivity index (χ1v) is 8.47. The van der Waals surface area contributed by atoms with Crippen LogP contribution in [0.25, 0.3) is 16.8 Å². The molecule has 3 aromatic rings. The molecule has 1 N–H and O–H groups in total. The third-order valence-corrected chi connectivity index (χ3v) is 5.43. The summed E-state index contributed by atoms with van der Waals surface area (Å²) in [7, 11) is 1.84. The molecule has 24 heavy (non-hydrogen) atoms. The summed E-state index contributed by atoms with van der Waals surface area (Å²) in [5.74, 6) is -0.949. The Hall–Kier alpha value is -2.54. The second-order valence-corrected chi connectivity index (χ2v) is 7.33. The van der Waals surface area contributed by atoms with Crippen molar-refractivity contribution in [2.45, 2.75) is 18.6 Å². The fraction of sp³-hybridized carbons (Fsp3) is 0.235. The summed E-state index contributed by atoms with van der Waals surface area (Å²) < 4.78 is 3.61. The van der Waals surface area contributed by atoms with Gasteiger partial charge in [0, 0.05) is 30.6 Å². The van der Waals surface area contributed by atoms with Crippen molar-refractivity contribution >= 4 is 23.4 Å². The van der Waals surface area contributed by atoms with E-state index < -0.39 is 5.97 Å². The first kappa shape index (κ1) is 15.0. The number of pyridine rings is 1. The number of fused-ring (bicyclic) bond motifs is 1. The number of imidazole rings is 1. The van der Waals surface area contributed by atoms with E-state index in [1.54, 1.807) is 34.9 Å². The summed E-state index contributed by atoms with van der Waals surface area (Å²) in [4.78, 5) is 17.4. The largest absolute Gasteiger partial charge is 0.478 e. The highest BCUT2D eigenvalue weighted by atomic mass is 32.2. The highest BCUT2D eigenvalue weighted by Gasteiger charge is 2.23. The zero-order valence-electron chi connectivity index (χ0n) is 13.3. The van der Waals surface area contributed by atoms with Crippen molar-refractivity contribution in [1.82, 2.24) is 19.2 Å². The van der Waals surface area contributed by atoms with Gasteiger partial charge in [0.2, 0.25) is 0 Å². The second kappa shape index (κ2) is 5.52. The van der Waals surface area contributed by atoms with E-state index in [9.17, 15) is 9.90 Å². The molecule has 7 heteroatoms. The molecule has 0 radical (unpaired) electrons. The van der Waals surface area contributed by atoms with Gasteiger partial charge in [0.15, 0.2) is 0 Å². The Balaban J connectivity index is 1.93. The molecule has 3 aromatic heterocycles. The van der Waals surface area contributed by atoms with Crippen LogP contribution in [-0.4, -0.2) is 30.2 Å². The van der Waals surface area contributed by atoms with Gasteiger partial charge in [0.1, 0.15) is 5.65 Å². The molecular formula is C17H16N4O2S. The SMILES string of the molecule is CC1=CCC(c2cnc3c(-c4cnn(C)c4)cc(C(=O)O)cn23)S1. The van der Waals surface area contributed by atoms with Crippen molar-refractivity contribution in [1.29, 1.82) is 0 Å². The molecule has 0 saturated heterocycles. The molecule has 1 aliphatic rings. The van der Waals surface area contributed by atoms with E-state index in [0.717, 1.165) is 28.9 Å². The van der Waals surface area contributed by atoms with Gasteiger partial charge in [-0.05, 0) is 24.3 Å². The van der Waals surface area contributed by atoms with E-state index >= 15 is 0 Å². The third kappa shape index (κ3) is 2.41. The van der Waals surface area contributed by atoms with Crippen LogP contribution in [0, 0.1) is 0 Å². The van der Waals surface area contributed by atoms with E-state index in [0.29, 0.717) is 0 Å². The lowest BCUT2D eigenvalue weighted by atomic mass is 10.1. The van der Waals surface area contributed by atoms with E-state index in [2.05, 4.69) is 23.1 Å². The lowest BCUT2D eigenvalue weighted by molar-refractivity contribution is 0.0696. The van der Waals surface area contributed by atoms with Crippen molar-refractivity contribution in [2.24, 2.45) is 7.05 Å². The fourth-order valence-electron chi connectivity index (χ4n) is 3.01. The van der Waals surface area contributed by atoms with Crippen LogP contribution >= 0.6 is 11.8 Å². The highest BCUT2D eigenvalue weighted by Crippen LogP contribution is 2.43. The minimum absolute atomic E-state index is 0.244. The van der Waals surface area contributed by atoms with Crippen LogP contribution in [0.5, 0.6) is 0 Å².